The molecule has 0 radical (unpaired) electrons. The minimum Gasteiger partial charge on any atom is -0.466 e. The number of ether oxygens (including phenoxy) is 1. The van der Waals surface area contributed by atoms with Crippen LogP contribution in [0.5, 0.6) is 5.75 Å². The lowest BCUT2D eigenvalue weighted by Gasteiger charge is -2.05. The first-order valence-corrected chi connectivity index (χ1v) is 6.92. The molecule has 0 bridgehead atoms. The lowest BCUT2D eigenvalue weighted by atomic mass is 10.3. The third-order valence-corrected chi connectivity index (χ3v) is 2.74. The van der Waals surface area contributed by atoms with Gasteiger partial charge in [0.15, 0.2) is 6.79 Å². The van der Waals surface area contributed by atoms with Gasteiger partial charge in [0, 0.05) is 0 Å². The Morgan fingerprint density at radius 1 is 1.22 bits per heavy atom. The Labute approximate surface area is 107 Å². The average molecular weight is 277 g/mol. The third-order valence-electron chi connectivity index (χ3n) is 1.85. The van der Waals surface area contributed by atoms with E-state index in [1.807, 2.05) is 0 Å². The zero-order chi connectivity index (χ0) is 14.0. The highest BCUT2D eigenvalue weighted by molar-refractivity contribution is 7.86. The summed E-state index contributed by atoms with van der Waals surface area (Å²) in [4.78, 5) is -0.357. The minimum atomic E-state index is -4.29. The zero-order valence-electron chi connectivity index (χ0n) is 10.5. The first-order valence-electron chi connectivity index (χ1n) is 5.48. The molecule has 0 aliphatic rings. The van der Waals surface area contributed by atoms with Crippen LogP contribution < -0.4 is 10.1 Å². The summed E-state index contributed by atoms with van der Waals surface area (Å²) < 4.78 is 34.7. The SMILES string of the molecule is CCNCC.O=S(=O)(O)c1ccccc1OCO. The summed E-state index contributed by atoms with van der Waals surface area (Å²) in [6.45, 7) is 5.74. The molecule has 0 aliphatic heterocycles. The van der Waals surface area contributed by atoms with Gasteiger partial charge in [0.1, 0.15) is 10.6 Å². The van der Waals surface area contributed by atoms with Crippen LogP contribution in [0.1, 0.15) is 13.8 Å². The topological polar surface area (TPSA) is 95.9 Å². The lowest BCUT2D eigenvalue weighted by molar-refractivity contribution is 0.0956. The summed E-state index contributed by atoms with van der Waals surface area (Å²) in [6.07, 6.45) is 0. The highest BCUT2D eigenvalue weighted by Gasteiger charge is 2.15. The molecule has 0 unspecified atom stereocenters. The van der Waals surface area contributed by atoms with E-state index in [4.69, 9.17) is 9.66 Å². The van der Waals surface area contributed by atoms with Gasteiger partial charge in [0.2, 0.25) is 0 Å². The predicted molar refractivity (Wildman–Crippen MR) is 68.2 cm³/mol. The molecule has 6 nitrogen and oxygen atoms in total. The van der Waals surface area contributed by atoms with Gasteiger partial charge >= 0.3 is 0 Å². The van der Waals surface area contributed by atoms with Gasteiger partial charge in [-0.05, 0) is 25.2 Å². The largest absolute Gasteiger partial charge is 0.466 e. The van der Waals surface area contributed by atoms with Crippen molar-refractivity contribution >= 4 is 10.1 Å². The molecule has 0 aliphatic carbocycles. The molecular formula is C11H19NO5S. The molecule has 0 heterocycles. The number of aliphatic hydroxyl groups is 1. The summed E-state index contributed by atoms with van der Waals surface area (Å²) in [6, 6.07) is 5.48. The minimum absolute atomic E-state index is 0.0764. The maximum Gasteiger partial charge on any atom is 0.298 e. The standard InChI is InChI=1S/C7H8O5S.C4H11N/c8-5-12-6-3-1-2-4-7(6)13(9,10)11;1-3-5-4-2/h1-4,8H,5H2,(H,9,10,11);5H,3-4H2,1-2H3. The van der Waals surface area contributed by atoms with E-state index in [0.717, 1.165) is 13.1 Å². The molecule has 0 saturated carbocycles. The Balaban J connectivity index is 0.000000494. The molecular weight excluding hydrogens is 258 g/mol. The van der Waals surface area contributed by atoms with Crippen molar-refractivity contribution in [2.24, 2.45) is 0 Å². The second-order valence-corrected chi connectivity index (χ2v) is 4.54. The van der Waals surface area contributed by atoms with Crippen LogP contribution in [0.4, 0.5) is 0 Å². The molecule has 0 aromatic heterocycles. The maximum atomic E-state index is 10.7. The van der Waals surface area contributed by atoms with Gasteiger partial charge in [-0.25, -0.2) is 0 Å². The summed E-state index contributed by atoms with van der Waals surface area (Å²) in [5, 5.41) is 11.5. The average Bonchev–Trinajstić information content (AvgIpc) is 2.31. The molecule has 1 aromatic rings. The van der Waals surface area contributed by atoms with Crippen molar-refractivity contribution in [2.75, 3.05) is 19.9 Å². The highest BCUT2D eigenvalue weighted by Crippen LogP contribution is 2.22. The molecule has 0 fully saturated rings. The van der Waals surface area contributed by atoms with Gasteiger partial charge in [-0.2, -0.15) is 8.42 Å². The van der Waals surface area contributed by atoms with Crippen molar-refractivity contribution in [3.63, 3.8) is 0 Å². The first kappa shape index (κ1) is 16.9. The summed E-state index contributed by atoms with van der Waals surface area (Å²) >= 11 is 0. The van der Waals surface area contributed by atoms with Gasteiger partial charge < -0.3 is 15.2 Å². The molecule has 1 aromatic carbocycles. The fourth-order valence-corrected chi connectivity index (χ4v) is 1.73. The van der Waals surface area contributed by atoms with Crippen molar-refractivity contribution in [3.8, 4) is 5.75 Å². The number of nitrogens with one attached hydrogen (secondary N) is 1. The van der Waals surface area contributed by atoms with Gasteiger partial charge in [0.05, 0.1) is 0 Å². The van der Waals surface area contributed by atoms with E-state index >= 15 is 0 Å². The van der Waals surface area contributed by atoms with Crippen LogP contribution in [0.2, 0.25) is 0 Å². The number of benzene rings is 1. The van der Waals surface area contributed by atoms with Crippen LogP contribution in [0.15, 0.2) is 29.2 Å². The molecule has 0 amide bonds. The van der Waals surface area contributed by atoms with Crippen LogP contribution >= 0.6 is 0 Å². The smallest absolute Gasteiger partial charge is 0.298 e. The van der Waals surface area contributed by atoms with Gasteiger partial charge in [0.25, 0.3) is 10.1 Å². The Bertz CT molecular complexity index is 431. The van der Waals surface area contributed by atoms with Crippen LogP contribution in [-0.4, -0.2) is 38.0 Å². The van der Waals surface area contributed by atoms with E-state index in [2.05, 4.69) is 23.9 Å². The summed E-state index contributed by atoms with van der Waals surface area (Å²) in [5.41, 5.74) is 0. The molecule has 0 spiro atoms. The Hall–Kier alpha value is -1.15. The van der Waals surface area contributed by atoms with E-state index in [-0.39, 0.29) is 10.6 Å². The Morgan fingerprint density at radius 2 is 1.78 bits per heavy atom. The van der Waals surface area contributed by atoms with Crippen molar-refractivity contribution in [1.29, 1.82) is 0 Å². The van der Waals surface area contributed by atoms with Crippen LogP contribution in [-0.2, 0) is 10.1 Å². The molecule has 3 N–H and O–H groups in total. The molecule has 7 heteroatoms. The number of rotatable bonds is 5. The normalized spacial score (nSPS) is 10.4. The van der Waals surface area contributed by atoms with E-state index in [9.17, 15) is 8.42 Å². The Morgan fingerprint density at radius 3 is 2.17 bits per heavy atom. The van der Waals surface area contributed by atoms with Crippen molar-refractivity contribution in [3.05, 3.63) is 24.3 Å². The van der Waals surface area contributed by atoms with E-state index in [1.165, 1.54) is 24.3 Å². The van der Waals surface area contributed by atoms with E-state index in [1.54, 1.807) is 0 Å². The quantitative estimate of drug-likeness (QED) is 0.546. The zero-order valence-corrected chi connectivity index (χ0v) is 11.3. The molecule has 18 heavy (non-hydrogen) atoms. The van der Waals surface area contributed by atoms with Gasteiger partial charge in [-0.1, -0.05) is 26.0 Å². The number of hydrogen-bond acceptors (Lipinski definition) is 5. The van der Waals surface area contributed by atoms with Crippen LogP contribution in [0.25, 0.3) is 0 Å². The van der Waals surface area contributed by atoms with E-state index in [0.29, 0.717) is 0 Å². The monoisotopic (exact) mass is 277 g/mol. The third kappa shape index (κ3) is 6.55. The summed E-state index contributed by atoms with van der Waals surface area (Å²) in [5.74, 6) is -0.0764. The second-order valence-electron chi connectivity index (χ2n) is 3.15. The fraction of sp³-hybridized carbons (Fsp3) is 0.455. The molecule has 104 valence electrons. The molecule has 1 rings (SSSR count). The van der Waals surface area contributed by atoms with E-state index < -0.39 is 16.9 Å². The van der Waals surface area contributed by atoms with Gasteiger partial charge in [-0.15, -0.1) is 0 Å². The predicted octanol–water partition coefficient (Wildman–Crippen LogP) is 0.878. The summed E-state index contributed by atoms with van der Waals surface area (Å²) in [7, 11) is -4.29. The molecule has 0 atom stereocenters. The highest BCUT2D eigenvalue weighted by atomic mass is 32.2. The second kappa shape index (κ2) is 8.87. The number of hydrogen-bond donors (Lipinski definition) is 3. The Kier molecular flexibility index (Phi) is 8.30. The number of aliphatic hydroxyl groups excluding tert-OH is 1. The van der Waals surface area contributed by atoms with Crippen LogP contribution in [0.3, 0.4) is 0 Å². The van der Waals surface area contributed by atoms with Crippen LogP contribution in [0, 0.1) is 0 Å². The van der Waals surface area contributed by atoms with Crippen molar-refractivity contribution in [1.82, 2.24) is 5.32 Å². The van der Waals surface area contributed by atoms with Crippen molar-refractivity contribution in [2.45, 2.75) is 18.7 Å². The lowest BCUT2D eigenvalue weighted by Crippen LogP contribution is -2.09. The fourth-order valence-electron chi connectivity index (χ4n) is 1.10. The van der Waals surface area contributed by atoms with Gasteiger partial charge in [-0.3, -0.25) is 4.55 Å². The molecule has 0 saturated heterocycles. The first-order chi connectivity index (χ1) is 8.47. The maximum absolute atomic E-state index is 10.7. The van der Waals surface area contributed by atoms with Crippen molar-refractivity contribution < 1.29 is 22.8 Å². The number of para-hydroxylation sites is 1.